The van der Waals surface area contributed by atoms with E-state index in [0.717, 1.165) is 41.2 Å². The van der Waals surface area contributed by atoms with Gasteiger partial charge in [0.2, 0.25) is 10.0 Å². The number of morpholine rings is 1. The number of amides is 1. The second-order valence-corrected chi connectivity index (χ2v) is 9.88. The van der Waals surface area contributed by atoms with E-state index in [1.54, 1.807) is 30.3 Å². The third-order valence-electron chi connectivity index (χ3n) is 5.62. The number of aromatic nitrogens is 2. The van der Waals surface area contributed by atoms with Crippen LogP contribution in [-0.2, 0) is 21.2 Å². The lowest BCUT2D eigenvalue weighted by atomic mass is 10.1. The van der Waals surface area contributed by atoms with E-state index < -0.39 is 10.0 Å². The van der Waals surface area contributed by atoms with Crippen LogP contribution in [0.5, 0.6) is 0 Å². The Kier molecular flexibility index (Phi) is 5.02. The van der Waals surface area contributed by atoms with Crippen molar-refractivity contribution in [3.05, 3.63) is 53.1 Å². The number of benzene rings is 2. The van der Waals surface area contributed by atoms with Crippen molar-refractivity contribution in [2.45, 2.75) is 23.8 Å². The van der Waals surface area contributed by atoms with Crippen molar-refractivity contribution in [2.75, 3.05) is 26.3 Å². The standard InChI is InChI=1S/C20H20N4O4S2/c25-20(14-3-6-18-19(11-14)23-29-22-18)21-17-5-2-13-1-4-15(12-16(13)17)30(26,27)24-7-9-28-10-8-24/h1,3-4,6,11-12,17H,2,5,7-10H2,(H,21,25)/t17-/m0/s1. The van der Waals surface area contributed by atoms with Crippen LogP contribution in [0.2, 0.25) is 0 Å². The van der Waals surface area contributed by atoms with Gasteiger partial charge in [0.05, 0.1) is 35.9 Å². The van der Waals surface area contributed by atoms with Crippen molar-refractivity contribution < 1.29 is 17.9 Å². The van der Waals surface area contributed by atoms with Gasteiger partial charge in [0.25, 0.3) is 5.91 Å². The molecular weight excluding hydrogens is 424 g/mol. The van der Waals surface area contributed by atoms with Gasteiger partial charge in [-0.15, -0.1) is 0 Å². The lowest BCUT2D eigenvalue weighted by molar-refractivity contribution is 0.0730. The van der Waals surface area contributed by atoms with Crippen molar-refractivity contribution >= 4 is 38.7 Å². The summed E-state index contributed by atoms with van der Waals surface area (Å²) in [6.45, 7) is 1.52. The molecule has 1 saturated heterocycles. The molecule has 2 aromatic carbocycles. The minimum atomic E-state index is -3.58. The number of rotatable bonds is 4. The first-order chi connectivity index (χ1) is 14.5. The van der Waals surface area contributed by atoms with Crippen LogP contribution in [0.3, 0.4) is 0 Å². The van der Waals surface area contributed by atoms with E-state index in [2.05, 4.69) is 14.1 Å². The van der Waals surface area contributed by atoms with E-state index in [9.17, 15) is 13.2 Å². The molecule has 0 spiro atoms. The summed E-state index contributed by atoms with van der Waals surface area (Å²) < 4.78 is 41.1. The number of ether oxygens (including phenoxy) is 1. The van der Waals surface area contributed by atoms with Gasteiger partial charge in [0.15, 0.2) is 0 Å². The molecular formula is C20H20N4O4S2. The molecule has 0 unspecified atom stereocenters. The molecule has 0 bridgehead atoms. The van der Waals surface area contributed by atoms with E-state index in [-0.39, 0.29) is 16.8 Å². The summed E-state index contributed by atoms with van der Waals surface area (Å²) in [5.74, 6) is -0.204. The van der Waals surface area contributed by atoms with E-state index in [1.165, 1.54) is 4.31 Å². The zero-order valence-electron chi connectivity index (χ0n) is 16.1. The van der Waals surface area contributed by atoms with Crippen LogP contribution in [0.15, 0.2) is 41.3 Å². The summed E-state index contributed by atoms with van der Waals surface area (Å²) in [6.07, 6.45) is 1.54. The number of sulfonamides is 1. The van der Waals surface area contributed by atoms with Crippen LogP contribution in [0.25, 0.3) is 11.0 Å². The molecule has 1 aliphatic heterocycles. The summed E-state index contributed by atoms with van der Waals surface area (Å²) in [7, 11) is -3.58. The summed E-state index contributed by atoms with van der Waals surface area (Å²) in [5, 5.41) is 3.05. The zero-order valence-corrected chi connectivity index (χ0v) is 17.7. The number of nitrogens with one attached hydrogen (secondary N) is 1. The van der Waals surface area contributed by atoms with E-state index in [1.807, 2.05) is 6.07 Å². The fraction of sp³-hybridized carbons (Fsp3) is 0.350. The largest absolute Gasteiger partial charge is 0.379 e. The number of carbonyl (C=O) groups excluding carboxylic acids is 1. The molecule has 0 radical (unpaired) electrons. The van der Waals surface area contributed by atoms with Crippen LogP contribution >= 0.6 is 11.7 Å². The highest BCUT2D eigenvalue weighted by molar-refractivity contribution is 7.89. The molecule has 156 valence electrons. The Labute approximate surface area is 178 Å². The third-order valence-corrected chi connectivity index (χ3v) is 8.08. The molecule has 5 rings (SSSR count). The Morgan fingerprint density at radius 1 is 1.10 bits per heavy atom. The molecule has 10 heteroatoms. The van der Waals surface area contributed by atoms with Crippen LogP contribution in [0.1, 0.15) is 33.9 Å². The van der Waals surface area contributed by atoms with Gasteiger partial charge in [-0.2, -0.15) is 13.1 Å². The van der Waals surface area contributed by atoms with Crippen molar-refractivity contribution in [1.82, 2.24) is 18.4 Å². The molecule has 8 nitrogen and oxygen atoms in total. The average Bonchev–Trinajstić information content (AvgIpc) is 3.40. The Morgan fingerprint density at radius 3 is 2.73 bits per heavy atom. The molecule has 1 aromatic heterocycles. The van der Waals surface area contributed by atoms with Crippen LogP contribution < -0.4 is 5.32 Å². The van der Waals surface area contributed by atoms with Gasteiger partial charge in [-0.1, -0.05) is 6.07 Å². The van der Waals surface area contributed by atoms with Crippen LogP contribution in [0.4, 0.5) is 0 Å². The highest BCUT2D eigenvalue weighted by Gasteiger charge is 2.30. The maximum atomic E-state index is 13.0. The van der Waals surface area contributed by atoms with Crippen molar-refractivity contribution in [2.24, 2.45) is 0 Å². The lowest BCUT2D eigenvalue weighted by Gasteiger charge is -2.26. The summed E-state index contributed by atoms with van der Waals surface area (Å²) in [5.41, 5.74) is 3.91. The minimum absolute atomic E-state index is 0.204. The van der Waals surface area contributed by atoms with Gasteiger partial charge < -0.3 is 10.1 Å². The first-order valence-electron chi connectivity index (χ1n) is 9.76. The Morgan fingerprint density at radius 2 is 1.90 bits per heavy atom. The minimum Gasteiger partial charge on any atom is -0.379 e. The molecule has 1 fully saturated rings. The topological polar surface area (TPSA) is 101 Å². The molecule has 0 saturated carbocycles. The number of carbonyl (C=O) groups is 1. The highest BCUT2D eigenvalue weighted by atomic mass is 32.2. The fourth-order valence-electron chi connectivity index (χ4n) is 3.99. The number of fused-ring (bicyclic) bond motifs is 2. The summed E-state index contributed by atoms with van der Waals surface area (Å²) in [6, 6.07) is 10.3. The average molecular weight is 445 g/mol. The number of nitrogens with zero attached hydrogens (tertiary/aromatic N) is 3. The van der Waals surface area contributed by atoms with Gasteiger partial charge in [0.1, 0.15) is 11.0 Å². The van der Waals surface area contributed by atoms with Gasteiger partial charge in [-0.05, 0) is 54.3 Å². The normalized spacial score (nSPS) is 19.7. The summed E-state index contributed by atoms with van der Waals surface area (Å²) in [4.78, 5) is 13.1. The van der Waals surface area contributed by atoms with Gasteiger partial charge in [-0.25, -0.2) is 8.42 Å². The second kappa shape index (κ2) is 7.69. The zero-order chi connectivity index (χ0) is 20.7. The SMILES string of the molecule is O=C(N[C@H]1CCc2ccc(S(=O)(=O)N3CCOCC3)cc21)c1ccc2nsnc2c1. The van der Waals surface area contributed by atoms with Gasteiger partial charge >= 0.3 is 0 Å². The predicted molar refractivity (Wildman–Crippen MR) is 112 cm³/mol. The van der Waals surface area contributed by atoms with Crippen LogP contribution in [-0.4, -0.2) is 53.7 Å². The quantitative estimate of drug-likeness (QED) is 0.662. The number of hydrogen-bond donors (Lipinski definition) is 1. The maximum Gasteiger partial charge on any atom is 0.251 e. The molecule has 3 aromatic rings. The molecule has 1 N–H and O–H groups in total. The van der Waals surface area contributed by atoms with E-state index in [4.69, 9.17) is 4.74 Å². The maximum absolute atomic E-state index is 13.0. The highest BCUT2D eigenvalue weighted by Crippen LogP contribution is 2.34. The molecule has 1 aliphatic carbocycles. The Hall–Kier alpha value is -2.40. The van der Waals surface area contributed by atoms with Crippen molar-refractivity contribution in [1.29, 1.82) is 0 Å². The number of aryl methyl sites for hydroxylation is 1. The Balaban J connectivity index is 1.39. The van der Waals surface area contributed by atoms with E-state index >= 15 is 0 Å². The molecule has 1 atom stereocenters. The molecule has 30 heavy (non-hydrogen) atoms. The smallest absolute Gasteiger partial charge is 0.251 e. The van der Waals surface area contributed by atoms with E-state index in [0.29, 0.717) is 37.4 Å². The Bertz CT molecular complexity index is 1220. The summed E-state index contributed by atoms with van der Waals surface area (Å²) >= 11 is 1.11. The molecule has 2 heterocycles. The van der Waals surface area contributed by atoms with Gasteiger partial charge in [0, 0.05) is 18.7 Å². The molecule has 2 aliphatic rings. The lowest BCUT2D eigenvalue weighted by Crippen LogP contribution is -2.40. The first-order valence-corrected chi connectivity index (χ1v) is 11.9. The van der Waals surface area contributed by atoms with Crippen molar-refractivity contribution in [3.63, 3.8) is 0 Å². The second-order valence-electron chi connectivity index (χ2n) is 7.41. The monoisotopic (exact) mass is 444 g/mol. The third kappa shape index (κ3) is 3.49. The number of hydrogen-bond acceptors (Lipinski definition) is 7. The molecule has 1 amide bonds. The predicted octanol–water partition coefficient (Wildman–Crippen LogP) is 2.13. The van der Waals surface area contributed by atoms with Crippen LogP contribution in [0, 0.1) is 0 Å². The first kappa shape index (κ1) is 19.6. The van der Waals surface area contributed by atoms with Crippen molar-refractivity contribution in [3.8, 4) is 0 Å². The fourth-order valence-corrected chi connectivity index (χ4v) is 5.95. The van der Waals surface area contributed by atoms with Gasteiger partial charge in [-0.3, -0.25) is 4.79 Å².